The Morgan fingerprint density at radius 2 is 1.28 bits per heavy atom. The second-order valence-electron chi connectivity index (χ2n) is 3.36. The van der Waals surface area contributed by atoms with Crippen LogP contribution in [0.1, 0.15) is 31.1 Å². The van der Waals surface area contributed by atoms with Crippen molar-refractivity contribution < 1.29 is 23.9 Å². The van der Waals surface area contributed by atoms with E-state index in [1.54, 1.807) is 0 Å². The first-order valence-corrected chi connectivity index (χ1v) is 5.07. The minimum Gasteiger partial charge on any atom is -0.465 e. The number of hydrogen-bond acceptors (Lipinski definition) is 5. The number of methoxy groups -OCH3 is 2. The predicted octanol–water partition coefficient (Wildman–Crippen LogP) is 0.619. The monoisotopic (exact) mass is 251 g/mol. The van der Waals surface area contributed by atoms with E-state index in [2.05, 4.69) is 14.8 Å². The van der Waals surface area contributed by atoms with Crippen molar-refractivity contribution in [2.75, 3.05) is 21.3 Å². The number of rotatable bonds is 3. The Morgan fingerprint density at radius 3 is 1.61 bits per heavy atom. The van der Waals surface area contributed by atoms with E-state index < -0.39 is 17.8 Å². The molecule has 0 heterocycles. The van der Waals surface area contributed by atoms with Crippen LogP contribution in [0.15, 0.2) is 18.2 Å². The summed E-state index contributed by atoms with van der Waals surface area (Å²) in [5.41, 5.74) is 0.402. The Bertz CT molecular complexity index is 411. The minimum absolute atomic E-state index is 0.110. The fourth-order valence-electron chi connectivity index (χ4n) is 1.37. The van der Waals surface area contributed by atoms with Crippen LogP contribution >= 0.6 is 0 Å². The maximum absolute atomic E-state index is 11.5. The molecule has 18 heavy (non-hydrogen) atoms. The average Bonchev–Trinajstić information content (AvgIpc) is 2.43. The summed E-state index contributed by atoms with van der Waals surface area (Å²) in [4.78, 5) is 34.4. The maximum Gasteiger partial charge on any atom is 0.337 e. The van der Waals surface area contributed by atoms with Crippen molar-refractivity contribution in [2.24, 2.45) is 0 Å². The highest BCUT2D eigenvalue weighted by molar-refractivity contribution is 6.01. The van der Waals surface area contributed by atoms with Crippen LogP contribution in [0.25, 0.3) is 0 Å². The molecule has 0 spiro atoms. The lowest BCUT2D eigenvalue weighted by atomic mass is 10.0. The molecular weight excluding hydrogens is 238 g/mol. The predicted molar refractivity (Wildman–Crippen MR) is 62.5 cm³/mol. The normalized spacial score (nSPS) is 9.50. The molecule has 0 fully saturated rings. The first-order valence-electron chi connectivity index (χ1n) is 5.07. The van der Waals surface area contributed by atoms with Gasteiger partial charge in [0.05, 0.1) is 25.3 Å². The molecule has 0 atom stereocenters. The summed E-state index contributed by atoms with van der Waals surface area (Å²) in [6.45, 7) is 0. The van der Waals surface area contributed by atoms with Gasteiger partial charge < -0.3 is 14.8 Å². The summed E-state index contributed by atoms with van der Waals surface area (Å²) in [5, 5.41) is 2.41. The molecule has 0 aromatic heterocycles. The lowest BCUT2D eigenvalue weighted by molar-refractivity contribution is 0.0599. The molecule has 0 aliphatic heterocycles. The molecule has 0 aliphatic carbocycles. The zero-order valence-electron chi connectivity index (χ0n) is 10.3. The van der Waals surface area contributed by atoms with E-state index in [1.807, 2.05) is 0 Å². The highest BCUT2D eigenvalue weighted by Gasteiger charge is 2.16. The van der Waals surface area contributed by atoms with Gasteiger partial charge in [0.1, 0.15) is 0 Å². The standard InChI is InChI=1S/C12H13NO5/c1-13-10(14)7-4-8(11(15)17-2)6-9(5-7)12(16)18-3/h4-6H,1-3H3,(H,13,14). The van der Waals surface area contributed by atoms with Crippen LogP contribution in [0.4, 0.5) is 0 Å². The molecule has 0 saturated heterocycles. The van der Waals surface area contributed by atoms with Gasteiger partial charge in [-0.05, 0) is 18.2 Å². The minimum atomic E-state index is -0.633. The smallest absolute Gasteiger partial charge is 0.337 e. The van der Waals surface area contributed by atoms with Gasteiger partial charge in [-0.25, -0.2) is 9.59 Å². The fraction of sp³-hybridized carbons (Fsp3) is 0.250. The lowest BCUT2D eigenvalue weighted by Gasteiger charge is -2.06. The van der Waals surface area contributed by atoms with E-state index in [4.69, 9.17) is 0 Å². The number of esters is 2. The largest absolute Gasteiger partial charge is 0.465 e. The molecule has 1 N–H and O–H groups in total. The highest BCUT2D eigenvalue weighted by Crippen LogP contribution is 2.13. The molecule has 0 saturated carbocycles. The van der Waals surface area contributed by atoms with E-state index in [1.165, 1.54) is 39.5 Å². The number of ether oxygens (including phenoxy) is 2. The van der Waals surface area contributed by atoms with Gasteiger partial charge in [-0.15, -0.1) is 0 Å². The van der Waals surface area contributed by atoms with Gasteiger partial charge in [0.15, 0.2) is 0 Å². The summed E-state index contributed by atoms with van der Waals surface area (Å²) < 4.78 is 9.10. The Balaban J connectivity index is 3.32. The summed E-state index contributed by atoms with van der Waals surface area (Å²) >= 11 is 0. The Hall–Kier alpha value is -2.37. The van der Waals surface area contributed by atoms with Gasteiger partial charge in [0.2, 0.25) is 0 Å². The highest BCUT2D eigenvalue weighted by atomic mass is 16.5. The molecule has 0 aliphatic rings. The third-order valence-electron chi connectivity index (χ3n) is 2.26. The molecule has 96 valence electrons. The van der Waals surface area contributed by atoms with E-state index in [0.717, 1.165) is 0 Å². The van der Waals surface area contributed by atoms with Crippen molar-refractivity contribution in [1.29, 1.82) is 0 Å². The van der Waals surface area contributed by atoms with Crippen molar-refractivity contribution in [3.8, 4) is 0 Å². The van der Waals surface area contributed by atoms with Crippen LogP contribution in [0.3, 0.4) is 0 Å². The number of carbonyl (C=O) groups is 3. The summed E-state index contributed by atoms with van der Waals surface area (Å²) in [7, 11) is 3.88. The second kappa shape index (κ2) is 5.81. The van der Waals surface area contributed by atoms with E-state index >= 15 is 0 Å². The summed E-state index contributed by atoms with van der Waals surface area (Å²) in [5.74, 6) is -1.68. The van der Waals surface area contributed by atoms with Crippen molar-refractivity contribution in [3.05, 3.63) is 34.9 Å². The Morgan fingerprint density at radius 1 is 0.889 bits per heavy atom. The molecule has 0 bridgehead atoms. The molecule has 1 aromatic rings. The van der Waals surface area contributed by atoms with E-state index in [0.29, 0.717) is 0 Å². The number of carbonyl (C=O) groups excluding carboxylic acids is 3. The zero-order chi connectivity index (χ0) is 13.7. The Kier molecular flexibility index (Phi) is 4.42. The maximum atomic E-state index is 11.5. The summed E-state index contributed by atoms with van der Waals surface area (Å²) in [6.07, 6.45) is 0. The number of hydrogen-bond donors (Lipinski definition) is 1. The van der Waals surface area contributed by atoms with Crippen molar-refractivity contribution in [3.63, 3.8) is 0 Å². The fourth-order valence-corrected chi connectivity index (χ4v) is 1.37. The molecule has 0 radical (unpaired) electrons. The number of nitrogens with one attached hydrogen (secondary N) is 1. The summed E-state index contributed by atoms with van der Waals surface area (Å²) in [6, 6.07) is 4.00. The van der Waals surface area contributed by atoms with Crippen LogP contribution in [-0.2, 0) is 9.47 Å². The van der Waals surface area contributed by atoms with Crippen LogP contribution in [0.2, 0.25) is 0 Å². The Labute approximate surface area is 104 Å². The third-order valence-corrected chi connectivity index (χ3v) is 2.26. The SMILES string of the molecule is CNC(=O)c1cc(C(=O)OC)cc(C(=O)OC)c1. The van der Waals surface area contributed by atoms with Crippen molar-refractivity contribution >= 4 is 17.8 Å². The van der Waals surface area contributed by atoms with Gasteiger partial charge in [0.25, 0.3) is 5.91 Å². The molecule has 1 amide bonds. The topological polar surface area (TPSA) is 81.7 Å². The molecular formula is C12H13NO5. The van der Waals surface area contributed by atoms with Gasteiger partial charge in [-0.2, -0.15) is 0 Å². The van der Waals surface area contributed by atoms with Gasteiger partial charge in [0, 0.05) is 12.6 Å². The van der Waals surface area contributed by atoms with E-state index in [9.17, 15) is 14.4 Å². The van der Waals surface area contributed by atoms with Gasteiger partial charge in [-0.3, -0.25) is 4.79 Å². The lowest BCUT2D eigenvalue weighted by Crippen LogP contribution is -2.19. The van der Waals surface area contributed by atoms with Crippen LogP contribution in [0, 0.1) is 0 Å². The van der Waals surface area contributed by atoms with Gasteiger partial charge >= 0.3 is 11.9 Å². The van der Waals surface area contributed by atoms with Gasteiger partial charge in [-0.1, -0.05) is 0 Å². The van der Waals surface area contributed by atoms with Crippen LogP contribution in [-0.4, -0.2) is 39.1 Å². The number of amides is 1. The zero-order valence-corrected chi connectivity index (χ0v) is 10.3. The molecule has 1 aromatic carbocycles. The van der Waals surface area contributed by atoms with Crippen LogP contribution < -0.4 is 5.32 Å². The molecule has 1 rings (SSSR count). The van der Waals surface area contributed by atoms with Crippen molar-refractivity contribution in [1.82, 2.24) is 5.32 Å². The number of benzene rings is 1. The average molecular weight is 251 g/mol. The third kappa shape index (κ3) is 2.85. The molecule has 0 unspecified atom stereocenters. The first kappa shape index (κ1) is 13.7. The van der Waals surface area contributed by atoms with E-state index in [-0.39, 0.29) is 16.7 Å². The molecule has 6 heteroatoms. The second-order valence-corrected chi connectivity index (χ2v) is 3.36. The molecule has 6 nitrogen and oxygen atoms in total. The quantitative estimate of drug-likeness (QED) is 0.796. The van der Waals surface area contributed by atoms with Crippen molar-refractivity contribution in [2.45, 2.75) is 0 Å². The first-order chi connectivity index (χ1) is 8.53. The van der Waals surface area contributed by atoms with Crippen LogP contribution in [0.5, 0.6) is 0 Å².